The van der Waals surface area contributed by atoms with E-state index in [0.29, 0.717) is 0 Å². The molecule has 0 rings (SSSR count). The molecular weight excluding hydrogens is 184 g/mol. The number of nitrogens with one attached hydrogen (secondary N) is 1. The van der Waals surface area contributed by atoms with Crippen molar-refractivity contribution < 1.29 is 4.79 Å². The molecule has 78 valence electrons. The monoisotopic (exact) mass is 204 g/mol. The van der Waals surface area contributed by atoms with Crippen LogP contribution in [-0.2, 0) is 4.79 Å². The molecule has 3 nitrogen and oxygen atoms in total. The highest BCUT2D eigenvalue weighted by Gasteiger charge is 2.15. The molecule has 0 aliphatic heterocycles. The van der Waals surface area contributed by atoms with Gasteiger partial charge in [-0.15, -0.1) is 0 Å². The molecule has 0 aromatic carbocycles. The van der Waals surface area contributed by atoms with E-state index in [1.807, 2.05) is 13.8 Å². The summed E-state index contributed by atoms with van der Waals surface area (Å²) in [4.78, 5) is 11.3. The zero-order chi connectivity index (χ0) is 10.3. The second-order valence-electron chi connectivity index (χ2n) is 3.29. The molecule has 0 aliphatic carbocycles. The van der Waals surface area contributed by atoms with E-state index in [4.69, 9.17) is 5.73 Å². The van der Waals surface area contributed by atoms with Crippen molar-refractivity contribution in [1.29, 1.82) is 0 Å². The highest BCUT2D eigenvalue weighted by Crippen LogP contribution is 1.99. The fraction of sp³-hybridized carbons (Fsp3) is 0.889. The fourth-order valence-electron chi connectivity index (χ4n) is 0.828. The van der Waals surface area contributed by atoms with Crippen molar-refractivity contribution in [2.75, 3.05) is 18.6 Å². The van der Waals surface area contributed by atoms with Crippen molar-refractivity contribution in [3.8, 4) is 0 Å². The molecule has 0 heterocycles. The van der Waals surface area contributed by atoms with Crippen LogP contribution in [0.5, 0.6) is 0 Å². The van der Waals surface area contributed by atoms with E-state index in [9.17, 15) is 4.79 Å². The molecule has 0 fully saturated rings. The molecule has 0 bridgehead atoms. The van der Waals surface area contributed by atoms with Gasteiger partial charge < -0.3 is 11.1 Å². The summed E-state index contributed by atoms with van der Waals surface area (Å²) in [5.41, 5.74) is 5.60. The van der Waals surface area contributed by atoms with Gasteiger partial charge in [0.1, 0.15) is 0 Å². The second kappa shape index (κ2) is 7.21. The molecule has 0 radical (unpaired) electrons. The summed E-state index contributed by atoms with van der Waals surface area (Å²) in [5, 5.41) is 2.87. The Balaban J connectivity index is 3.50. The third-order valence-corrected chi connectivity index (χ3v) is 2.72. The van der Waals surface area contributed by atoms with Crippen LogP contribution < -0.4 is 11.1 Å². The lowest BCUT2D eigenvalue weighted by Gasteiger charge is -2.14. The van der Waals surface area contributed by atoms with Crippen LogP contribution in [0.15, 0.2) is 0 Å². The van der Waals surface area contributed by atoms with Gasteiger partial charge in [-0.2, -0.15) is 11.8 Å². The Morgan fingerprint density at radius 2 is 2.15 bits per heavy atom. The van der Waals surface area contributed by atoms with Crippen LogP contribution in [0.1, 0.15) is 20.3 Å². The maximum Gasteiger partial charge on any atom is 0.224 e. The lowest BCUT2D eigenvalue weighted by Crippen LogP contribution is -2.39. The Hall–Kier alpha value is -0.220. The summed E-state index contributed by atoms with van der Waals surface area (Å²) in [5.74, 6) is 1.07. The molecule has 0 saturated carbocycles. The molecule has 0 aliphatic rings. The van der Waals surface area contributed by atoms with Gasteiger partial charge in [-0.1, -0.05) is 6.92 Å². The van der Waals surface area contributed by atoms with Crippen LogP contribution in [0.25, 0.3) is 0 Å². The third kappa shape index (κ3) is 5.93. The minimum atomic E-state index is -0.0886. The summed E-state index contributed by atoms with van der Waals surface area (Å²) < 4.78 is 0. The van der Waals surface area contributed by atoms with Crippen molar-refractivity contribution in [2.24, 2.45) is 11.7 Å². The molecule has 2 unspecified atom stereocenters. The number of thioether (sulfide) groups is 1. The second-order valence-corrected chi connectivity index (χ2v) is 4.27. The van der Waals surface area contributed by atoms with E-state index in [1.54, 1.807) is 11.8 Å². The van der Waals surface area contributed by atoms with Gasteiger partial charge in [-0.05, 0) is 25.4 Å². The van der Waals surface area contributed by atoms with Gasteiger partial charge in [0.2, 0.25) is 5.91 Å². The third-order valence-electron chi connectivity index (χ3n) is 2.03. The number of carbonyl (C=O) groups is 1. The summed E-state index contributed by atoms with van der Waals surface area (Å²) in [6, 6.07) is -0.0689. The first-order chi connectivity index (χ1) is 6.09. The number of rotatable bonds is 6. The van der Waals surface area contributed by atoms with Gasteiger partial charge in [-0.3, -0.25) is 4.79 Å². The molecule has 3 N–H and O–H groups in total. The van der Waals surface area contributed by atoms with Gasteiger partial charge in [-0.25, -0.2) is 0 Å². The molecule has 1 amide bonds. The quantitative estimate of drug-likeness (QED) is 0.630. The fourth-order valence-corrected chi connectivity index (χ4v) is 1.26. The Kier molecular flexibility index (Phi) is 7.09. The topological polar surface area (TPSA) is 55.1 Å². The predicted molar refractivity (Wildman–Crippen MR) is 58.8 cm³/mol. The van der Waals surface area contributed by atoms with Crippen LogP contribution in [0, 0.1) is 5.92 Å². The van der Waals surface area contributed by atoms with Crippen molar-refractivity contribution in [2.45, 2.75) is 26.3 Å². The van der Waals surface area contributed by atoms with Crippen LogP contribution in [-0.4, -0.2) is 30.5 Å². The number of hydrogen-bond donors (Lipinski definition) is 2. The van der Waals surface area contributed by atoms with Crippen LogP contribution in [0.3, 0.4) is 0 Å². The number of amides is 1. The lowest BCUT2D eigenvalue weighted by atomic mass is 10.0. The summed E-state index contributed by atoms with van der Waals surface area (Å²) in [6.07, 6.45) is 3.09. The average Bonchev–Trinajstić information content (AvgIpc) is 2.10. The normalized spacial score (nSPS) is 15.1. The van der Waals surface area contributed by atoms with Crippen molar-refractivity contribution in [3.63, 3.8) is 0 Å². The SMILES string of the molecule is CSCCCNC(=O)C(C)C(C)N. The number of carbonyl (C=O) groups excluding carboxylic acids is 1. The lowest BCUT2D eigenvalue weighted by molar-refractivity contribution is -0.124. The highest BCUT2D eigenvalue weighted by molar-refractivity contribution is 7.98. The molecule has 0 aromatic rings. The minimum Gasteiger partial charge on any atom is -0.356 e. The van der Waals surface area contributed by atoms with Crippen LogP contribution in [0.2, 0.25) is 0 Å². The standard InChI is InChI=1S/C9H20N2OS/c1-7(8(2)10)9(12)11-5-4-6-13-3/h7-8H,4-6,10H2,1-3H3,(H,11,12). The molecule has 0 saturated heterocycles. The number of nitrogens with two attached hydrogens (primary N) is 1. The first kappa shape index (κ1) is 12.8. The van der Waals surface area contributed by atoms with E-state index >= 15 is 0 Å². The van der Waals surface area contributed by atoms with Gasteiger partial charge in [0.25, 0.3) is 0 Å². The number of hydrogen-bond acceptors (Lipinski definition) is 3. The minimum absolute atomic E-state index is 0.0658. The molecule has 0 aromatic heterocycles. The van der Waals surface area contributed by atoms with E-state index in [-0.39, 0.29) is 17.9 Å². The van der Waals surface area contributed by atoms with Crippen molar-refractivity contribution in [3.05, 3.63) is 0 Å². The zero-order valence-electron chi connectivity index (χ0n) is 8.67. The summed E-state index contributed by atoms with van der Waals surface area (Å²) >= 11 is 1.79. The molecule has 4 heteroatoms. The Bertz CT molecular complexity index is 151. The van der Waals surface area contributed by atoms with Crippen LogP contribution in [0.4, 0.5) is 0 Å². The maximum absolute atomic E-state index is 11.3. The molecule has 13 heavy (non-hydrogen) atoms. The van der Waals surface area contributed by atoms with E-state index < -0.39 is 0 Å². The van der Waals surface area contributed by atoms with Gasteiger partial charge >= 0.3 is 0 Å². The largest absolute Gasteiger partial charge is 0.356 e. The van der Waals surface area contributed by atoms with Gasteiger partial charge in [0.05, 0.1) is 0 Å². The van der Waals surface area contributed by atoms with E-state index in [2.05, 4.69) is 11.6 Å². The predicted octanol–water partition coefficient (Wildman–Crippen LogP) is 0.839. The van der Waals surface area contributed by atoms with Gasteiger partial charge in [0.15, 0.2) is 0 Å². The Labute approximate surface area is 84.8 Å². The van der Waals surface area contributed by atoms with Crippen molar-refractivity contribution >= 4 is 17.7 Å². The van der Waals surface area contributed by atoms with E-state index in [1.165, 1.54) is 0 Å². The summed E-state index contributed by atoms with van der Waals surface area (Å²) in [6.45, 7) is 4.47. The first-order valence-corrected chi connectivity index (χ1v) is 6.01. The van der Waals surface area contributed by atoms with Crippen LogP contribution >= 0.6 is 11.8 Å². The highest BCUT2D eigenvalue weighted by atomic mass is 32.2. The molecule has 0 spiro atoms. The zero-order valence-corrected chi connectivity index (χ0v) is 9.49. The maximum atomic E-state index is 11.3. The first-order valence-electron chi connectivity index (χ1n) is 4.61. The average molecular weight is 204 g/mol. The Morgan fingerprint density at radius 1 is 1.54 bits per heavy atom. The summed E-state index contributed by atoms with van der Waals surface area (Å²) in [7, 11) is 0. The molecular formula is C9H20N2OS. The molecule has 2 atom stereocenters. The Morgan fingerprint density at radius 3 is 2.62 bits per heavy atom. The van der Waals surface area contributed by atoms with Gasteiger partial charge in [0, 0.05) is 18.5 Å². The smallest absolute Gasteiger partial charge is 0.224 e. The van der Waals surface area contributed by atoms with E-state index in [0.717, 1.165) is 18.7 Å². The van der Waals surface area contributed by atoms with Crippen molar-refractivity contribution in [1.82, 2.24) is 5.32 Å².